The molecule has 1 N–H and O–H groups in total. The van der Waals surface area contributed by atoms with Crippen LogP contribution in [0.4, 0.5) is 10.2 Å². The van der Waals surface area contributed by atoms with Crippen LogP contribution in [-0.2, 0) is 13.6 Å². The van der Waals surface area contributed by atoms with Crippen LogP contribution >= 0.6 is 0 Å². The summed E-state index contributed by atoms with van der Waals surface area (Å²) in [6.07, 6.45) is 3.29. The Kier molecular flexibility index (Phi) is 3.15. The molecule has 0 saturated heterocycles. The first kappa shape index (κ1) is 13.6. The molecule has 4 aromatic rings. The van der Waals surface area contributed by atoms with Crippen molar-refractivity contribution in [3.05, 3.63) is 60.4 Å². The fourth-order valence-corrected chi connectivity index (χ4v) is 2.65. The summed E-state index contributed by atoms with van der Waals surface area (Å²) in [4.78, 5) is 13.0. The highest BCUT2D eigenvalue weighted by Crippen LogP contribution is 2.25. The van der Waals surface area contributed by atoms with Crippen molar-refractivity contribution in [1.82, 2.24) is 19.5 Å². The monoisotopic (exact) mass is 307 g/mol. The second-order valence-electron chi connectivity index (χ2n) is 5.42. The lowest BCUT2D eigenvalue weighted by Crippen LogP contribution is -2.03. The molecule has 2 aromatic carbocycles. The van der Waals surface area contributed by atoms with E-state index in [1.807, 2.05) is 29.8 Å². The highest BCUT2D eigenvalue weighted by atomic mass is 19.1. The van der Waals surface area contributed by atoms with Gasteiger partial charge in [0.25, 0.3) is 0 Å². The zero-order valence-corrected chi connectivity index (χ0v) is 12.5. The Morgan fingerprint density at radius 1 is 1.09 bits per heavy atom. The van der Waals surface area contributed by atoms with Crippen LogP contribution in [-0.4, -0.2) is 19.5 Å². The zero-order chi connectivity index (χ0) is 15.8. The van der Waals surface area contributed by atoms with Gasteiger partial charge in [0, 0.05) is 19.0 Å². The van der Waals surface area contributed by atoms with Gasteiger partial charge in [-0.1, -0.05) is 12.1 Å². The molecule has 0 bridgehead atoms. The summed E-state index contributed by atoms with van der Waals surface area (Å²) in [5.41, 5.74) is 3.60. The van der Waals surface area contributed by atoms with E-state index in [0.717, 1.165) is 33.3 Å². The zero-order valence-electron chi connectivity index (χ0n) is 12.5. The molecule has 114 valence electrons. The first-order valence-electron chi connectivity index (χ1n) is 7.25. The molecule has 23 heavy (non-hydrogen) atoms. The molecule has 2 aromatic heterocycles. The highest BCUT2D eigenvalue weighted by Gasteiger charge is 2.08. The highest BCUT2D eigenvalue weighted by molar-refractivity contribution is 5.98. The van der Waals surface area contributed by atoms with E-state index in [2.05, 4.69) is 20.3 Å². The van der Waals surface area contributed by atoms with Gasteiger partial charge in [0.15, 0.2) is 0 Å². The van der Waals surface area contributed by atoms with Gasteiger partial charge in [-0.05, 0) is 29.8 Å². The molecule has 0 spiro atoms. The van der Waals surface area contributed by atoms with Crippen molar-refractivity contribution in [2.24, 2.45) is 7.05 Å². The molecule has 4 rings (SSSR count). The quantitative estimate of drug-likeness (QED) is 0.631. The Bertz CT molecular complexity index is 1010. The lowest BCUT2D eigenvalue weighted by Gasteiger charge is -2.09. The van der Waals surface area contributed by atoms with Gasteiger partial charge in [-0.2, -0.15) is 0 Å². The number of imidazole rings is 1. The molecular weight excluding hydrogens is 293 g/mol. The lowest BCUT2D eigenvalue weighted by atomic mass is 10.2. The Morgan fingerprint density at radius 2 is 2.00 bits per heavy atom. The van der Waals surface area contributed by atoms with E-state index in [1.54, 1.807) is 12.4 Å². The minimum Gasteiger partial charge on any atom is -0.365 e. The van der Waals surface area contributed by atoms with Gasteiger partial charge in [0.1, 0.15) is 18.0 Å². The van der Waals surface area contributed by atoms with Crippen molar-refractivity contribution < 1.29 is 4.39 Å². The summed E-state index contributed by atoms with van der Waals surface area (Å²) in [5, 5.41) is 4.18. The number of benzene rings is 2. The van der Waals surface area contributed by atoms with Gasteiger partial charge in [0.2, 0.25) is 0 Å². The predicted molar refractivity (Wildman–Crippen MR) is 87.5 cm³/mol. The van der Waals surface area contributed by atoms with Crippen molar-refractivity contribution in [1.29, 1.82) is 0 Å². The average Bonchev–Trinajstić information content (AvgIpc) is 2.91. The molecule has 0 aliphatic rings. The second-order valence-corrected chi connectivity index (χ2v) is 5.42. The van der Waals surface area contributed by atoms with E-state index in [1.165, 1.54) is 18.5 Å². The van der Waals surface area contributed by atoms with Gasteiger partial charge in [-0.25, -0.2) is 19.3 Å². The van der Waals surface area contributed by atoms with Gasteiger partial charge in [-0.3, -0.25) is 0 Å². The predicted octanol–water partition coefficient (Wildman–Crippen LogP) is 3.27. The number of nitrogens with one attached hydrogen (secondary N) is 1. The van der Waals surface area contributed by atoms with Gasteiger partial charge in [-0.15, -0.1) is 0 Å². The third kappa shape index (κ3) is 2.48. The SMILES string of the molecule is Cn1cnc2cc3ncnc(NCc4cccc(F)c4)c3cc21. The van der Waals surface area contributed by atoms with Crippen molar-refractivity contribution in [3.8, 4) is 0 Å². The maximum Gasteiger partial charge on any atom is 0.137 e. The molecule has 0 unspecified atom stereocenters. The Balaban J connectivity index is 1.74. The molecule has 5 nitrogen and oxygen atoms in total. The summed E-state index contributed by atoms with van der Waals surface area (Å²) in [7, 11) is 1.95. The minimum absolute atomic E-state index is 0.242. The lowest BCUT2D eigenvalue weighted by molar-refractivity contribution is 0.626. The summed E-state index contributed by atoms with van der Waals surface area (Å²) in [6, 6.07) is 10.5. The molecule has 0 fully saturated rings. The molecule has 0 aliphatic heterocycles. The summed E-state index contributed by atoms with van der Waals surface area (Å²) < 4.78 is 15.2. The van der Waals surface area contributed by atoms with Crippen molar-refractivity contribution >= 4 is 27.8 Å². The van der Waals surface area contributed by atoms with E-state index >= 15 is 0 Å². The maximum atomic E-state index is 13.3. The normalized spacial score (nSPS) is 11.2. The molecule has 0 saturated carbocycles. The second kappa shape index (κ2) is 5.31. The molecular formula is C17H14FN5. The molecule has 2 heterocycles. The van der Waals surface area contributed by atoms with E-state index in [4.69, 9.17) is 0 Å². The summed E-state index contributed by atoms with van der Waals surface area (Å²) in [6.45, 7) is 0.493. The largest absolute Gasteiger partial charge is 0.365 e. The third-order valence-corrected chi connectivity index (χ3v) is 3.83. The first-order chi connectivity index (χ1) is 11.2. The van der Waals surface area contributed by atoms with Crippen molar-refractivity contribution in [3.63, 3.8) is 0 Å². The average molecular weight is 307 g/mol. The van der Waals surface area contributed by atoms with Gasteiger partial charge >= 0.3 is 0 Å². The summed E-state index contributed by atoms with van der Waals surface area (Å²) >= 11 is 0. The van der Waals surface area contributed by atoms with Crippen molar-refractivity contribution in [2.45, 2.75) is 6.54 Å². The topological polar surface area (TPSA) is 55.6 Å². The summed E-state index contributed by atoms with van der Waals surface area (Å²) in [5.74, 6) is 0.482. The number of fused-ring (bicyclic) bond motifs is 2. The number of anilines is 1. The number of aromatic nitrogens is 4. The number of rotatable bonds is 3. The minimum atomic E-state index is -0.242. The number of halogens is 1. The molecule has 0 atom stereocenters. The van der Waals surface area contributed by atoms with E-state index in [9.17, 15) is 4.39 Å². The van der Waals surface area contributed by atoms with E-state index < -0.39 is 0 Å². The van der Waals surface area contributed by atoms with E-state index in [0.29, 0.717) is 6.54 Å². The molecule has 0 amide bonds. The van der Waals surface area contributed by atoms with Crippen LogP contribution < -0.4 is 5.32 Å². The van der Waals surface area contributed by atoms with Crippen LogP contribution in [0.3, 0.4) is 0 Å². The van der Waals surface area contributed by atoms with Crippen LogP contribution in [0.2, 0.25) is 0 Å². The first-order valence-corrected chi connectivity index (χ1v) is 7.25. The Labute approximate surface area is 131 Å². The fourth-order valence-electron chi connectivity index (χ4n) is 2.65. The van der Waals surface area contributed by atoms with Crippen LogP contribution in [0.5, 0.6) is 0 Å². The van der Waals surface area contributed by atoms with E-state index in [-0.39, 0.29) is 5.82 Å². The standard InChI is InChI=1S/C17H14FN5/c1-23-10-22-15-7-14-13(6-16(15)23)17(21-9-20-14)19-8-11-3-2-4-12(18)5-11/h2-7,9-10H,8H2,1H3,(H,19,20,21). The Morgan fingerprint density at radius 3 is 2.87 bits per heavy atom. The van der Waals surface area contributed by atoms with Crippen LogP contribution in [0, 0.1) is 5.82 Å². The number of hydrogen-bond acceptors (Lipinski definition) is 4. The third-order valence-electron chi connectivity index (χ3n) is 3.83. The Hall–Kier alpha value is -3.02. The number of aryl methyl sites for hydroxylation is 1. The smallest absolute Gasteiger partial charge is 0.137 e. The molecule has 6 heteroatoms. The van der Waals surface area contributed by atoms with Crippen LogP contribution in [0.1, 0.15) is 5.56 Å². The van der Waals surface area contributed by atoms with Crippen LogP contribution in [0.15, 0.2) is 49.1 Å². The number of nitrogens with zero attached hydrogens (tertiary/aromatic N) is 4. The number of hydrogen-bond donors (Lipinski definition) is 1. The molecule has 0 aliphatic carbocycles. The van der Waals surface area contributed by atoms with Crippen LogP contribution in [0.25, 0.3) is 21.9 Å². The fraction of sp³-hybridized carbons (Fsp3) is 0.118. The maximum absolute atomic E-state index is 13.3. The van der Waals surface area contributed by atoms with Gasteiger partial charge < -0.3 is 9.88 Å². The van der Waals surface area contributed by atoms with Crippen molar-refractivity contribution in [2.75, 3.05) is 5.32 Å². The van der Waals surface area contributed by atoms with Gasteiger partial charge in [0.05, 0.1) is 22.9 Å². The molecule has 0 radical (unpaired) electrons.